The maximum absolute atomic E-state index is 13.1. The Bertz CT molecular complexity index is 588. The molecular weight excluding hydrogens is 292 g/mol. The molecule has 1 fully saturated rings. The van der Waals surface area contributed by atoms with Crippen LogP contribution in [0.25, 0.3) is 11.4 Å². The quantitative estimate of drug-likeness (QED) is 0.920. The molecular formula is C12H12ClF2N3O2. The van der Waals surface area contributed by atoms with Gasteiger partial charge in [-0.1, -0.05) is 5.16 Å². The van der Waals surface area contributed by atoms with Crippen molar-refractivity contribution in [1.29, 1.82) is 0 Å². The van der Waals surface area contributed by atoms with E-state index in [1.807, 2.05) is 0 Å². The molecule has 2 aromatic rings. The zero-order valence-corrected chi connectivity index (χ0v) is 11.1. The Hall–Kier alpha value is -1.57. The predicted octanol–water partition coefficient (Wildman–Crippen LogP) is 2.10. The van der Waals surface area contributed by atoms with Crippen LogP contribution >= 0.6 is 12.4 Å². The average Bonchev–Trinajstić information content (AvgIpc) is 2.93. The van der Waals surface area contributed by atoms with E-state index < -0.39 is 11.6 Å². The lowest BCUT2D eigenvalue weighted by molar-refractivity contribution is 0.0659. The van der Waals surface area contributed by atoms with Crippen LogP contribution in [0.15, 0.2) is 22.7 Å². The van der Waals surface area contributed by atoms with Crippen LogP contribution in [0.3, 0.4) is 0 Å². The summed E-state index contributed by atoms with van der Waals surface area (Å²) in [5.74, 6) is -1.25. The zero-order chi connectivity index (χ0) is 13.2. The molecule has 1 aliphatic heterocycles. The van der Waals surface area contributed by atoms with Gasteiger partial charge in [-0.05, 0) is 18.2 Å². The molecule has 5 nitrogen and oxygen atoms in total. The lowest BCUT2D eigenvalue weighted by atomic mass is 10.2. The lowest BCUT2D eigenvalue weighted by Crippen LogP contribution is -2.34. The molecule has 108 valence electrons. The molecule has 1 saturated heterocycles. The fraction of sp³-hybridized carbons (Fsp3) is 0.333. The standard InChI is InChI=1S/C12H11F2N3O2.ClH/c13-8-2-1-7(5-9(8)14)11-16-12(19-17-11)10-6-18-4-3-15-10;/h1-2,5,10,15H,3-4,6H2;1H. The third-order valence-electron chi connectivity index (χ3n) is 2.84. The van der Waals surface area contributed by atoms with Gasteiger partial charge in [0.1, 0.15) is 6.04 Å². The third kappa shape index (κ3) is 2.95. The van der Waals surface area contributed by atoms with E-state index in [1.165, 1.54) is 6.07 Å². The summed E-state index contributed by atoms with van der Waals surface area (Å²) < 4.78 is 36.4. The van der Waals surface area contributed by atoms with Crippen molar-refractivity contribution in [2.75, 3.05) is 19.8 Å². The Balaban J connectivity index is 0.00000147. The summed E-state index contributed by atoms with van der Waals surface area (Å²) in [4.78, 5) is 4.17. The van der Waals surface area contributed by atoms with Crippen molar-refractivity contribution in [2.24, 2.45) is 0 Å². The van der Waals surface area contributed by atoms with E-state index >= 15 is 0 Å². The summed E-state index contributed by atoms with van der Waals surface area (Å²) in [7, 11) is 0. The van der Waals surface area contributed by atoms with E-state index in [2.05, 4.69) is 15.5 Å². The van der Waals surface area contributed by atoms with Gasteiger partial charge in [-0.25, -0.2) is 8.78 Å². The topological polar surface area (TPSA) is 60.2 Å². The second-order valence-corrected chi connectivity index (χ2v) is 4.17. The molecule has 8 heteroatoms. The van der Waals surface area contributed by atoms with Crippen molar-refractivity contribution in [1.82, 2.24) is 15.5 Å². The van der Waals surface area contributed by atoms with E-state index in [0.29, 0.717) is 31.2 Å². The second kappa shape index (κ2) is 6.25. The number of morpholine rings is 1. The molecule has 1 unspecified atom stereocenters. The minimum absolute atomic E-state index is 0. The molecule has 1 aromatic heterocycles. The van der Waals surface area contributed by atoms with Crippen molar-refractivity contribution in [3.8, 4) is 11.4 Å². The lowest BCUT2D eigenvalue weighted by Gasteiger charge is -2.20. The molecule has 2 heterocycles. The summed E-state index contributed by atoms with van der Waals surface area (Å²) in [6.07, 6.45) is 0. The Morgan fingerprint density at radius 1 is 1.25 bits per heavy atom. The van der Waals surface area contributed by atoms with Gasteiger partial charge in [0.15, 0.2) is 11.6 Å². The number of nitrogens with zero attached hydrogens (tertiary/aromatic N) is 2. The number of halogens is 3. The number of benzene rings is 1. The molecule has 0 aliphatic carbocycles. The van der Waals surface area contributed by atoms with Crippen molar-refractivity contribution >= 4 is 12.4 Å². The van der Waals surface area contributed by atoms with Crippen molar-refractivity contribution in [3.05, 3.63) is 35.7 Å². The molecule has 0 saturated carbocycles. The van der Waals surface area contributed by atoms with Crippen LogP contribution in [-0.4, -0.2) is 29.9 Å². The Morgan fingerprint density at radius 3 is 2.80 bits per heavy atom. The minimum Gasteiger partial charge on any atom is -0.378 e. The van der Waals surface area contributed by atoms with Crippen molar-refractivity contribution in [2.45, 2.75) is 6.04 Å². The highest BCUT2D eigenvalue weighted by atomic mass is 35.5. The van der Waals surface area contributed by atoms with E-state index in [0.717, 1.165) is 12.1 Å². The smallest absolute Gasteiger partial charge is 0.246 e. The van der Waals surface area contributed by atoms with Gasteiger partial charge in [0.2, 0.25) is 11.7 Å². The maximum atomic E-state index is 13.1. The third-order valence-corrected chi connectivity index (χ3v) is 2.84. The molecule has 1 aromatic carbocycles. The molecule has 1 N–H and O–H groups in total. The van der Waals surface area contributed by atoms with Crippen LogP contribution in [0.4, 0.5) is 8.78 Å². The average molecular weight is 304 g/mol. The van der Waals surface area contributed by atoms with Gasteiger partial charge in [0.25, 0.3) is 0 Å². The van der Waals surface area contributed by atoms with Crippen LogP contribution in [-0.2, 0) is 4.74 Å². The summed E-state index contributed by atoms with van der Waals surface area (Å²) in [5, 5.41) is 6.93. The van der Waals surface area contributed by atoms with Crippen molar-refractivity contribution < 1.29 is 18.0 Å². The number of ether oxygens (including phenoxy) is 1. The van der Waals surface area contributed by atoms with Crippen LogP contribution < -0.4 is 5.32 Å². The van der Waals surface area contributed by atoms with Gasteiger partial charge in [0, 0.05) is 12.1 Å². The highest BCUT2D eigenvalue weighted by Crippen LogP contribution is 2.21. The largest absolute Gasteiger partial charge is 0.378 e. The fourth-order valence-electron chi connectivity index (χ4n) is 1.85. The summed E-state index contributed by atoms with van der Waals surface area (Å²) >= 11 is 0. The summed E-state index contributed by atoms with van der Waals surface area (Å²) in [6.45, 7) is 1.79. The van der Waals surface area contributed by atoms with Gasteiger partial charge in [-0.15, -0.1) is 12.4 Å². The first-order valence-electron chi connectivity index (χ1n) is 5.84. The number of hydrogen-bond acceptors (Lipinski definition) is 5. The fourth-order valence-corrected chi connectivity index (χ4v) is 1.85. The van der Waals surface area contributed by atoms with Gasteiger partial charge in [-0.3, -0.25) is 0 Å². The Morgan fingerprint density at radius 2 is 2.10 bits per heavy atom. The molecule has 0 amide bonds. The van der Waals surface area contributed by atoms with Gasteiger partial charge < -0.3 is 14.6 Å². The maximum Gasteiger partial charge on any atom is 0.246 e. The molecule has 0 radical (unpaired) electrons. The van der Waals surface area contributed by atoms with E-state index in [4.69, 9.17) is 9.26 Å². The van der Waals surface area contributed by atoms with Gasteiger partial charge >= 0.3 is 0 Å². The van der Waals surface area contributed by atoms with Gasteiger partial charge in [-0.2, -0.15) is 4.98 Å². The normalized spacial score (nSPS) is 18.6. The molecule has 0 spiro atoms. The molecule has 0 bridgehead atoms. The Kier molecular flexibility index (Phi) is 4.64. The monoisotopic (exact) mass is 303 g/mol. The first kappa shape index (κ1) is 14.8. The van der Waals surface area contributed by atoms with Crippen LogP contribution in [0.2, 0.25) is 0 Å². The number of nitrogens with one attached hydrogen (secondary N) is 1. The zero-order valence-electron chi connectivity index (χ0n) is 10.3. The van der Waals surface area contributed by atoms with Crippen LogP contribution in [0.1, 0.15) is 11.9 Å². The van der Waals surface area contributed by atoms with E-state index in [1.54, 1.807) is 0 Å². The molecule has 3 rings (SSSR count). The molecule has 1 aliphatic rings. The number of hydrogen-bond donors (Lipinski definition) is 1. The molecule has 20 heavy (non-hydrogen) atoms. The minimum atomic E-state index is -0.942. The van der Waals surface area contributed by atoms with E-state index in [-0.39, 0.29) is 24.3 Å². The second-order valence-electron chi connectivity index (χ2n) is 4.17. The van der Waals surface area contributed by atoms with Crippen molar-refractivity contribution in [3.63, 3.8) is 0 Å². The highest BCUT2D eigenvalue weighted by molar-refractivity contribution is 5.85. The Labute approximate surface area is 119 Å². The highest BCUT2D eigenvalue weighted by Gasteiger charge is 2.22. The predicted molar refractivity (Wildman–Crippen MR) is 68.5 cm³/mol. The number of aromatic nitrogens is 2. The summed E-state index contributed by atoms with van der Waals surface area (Å²) in [6, 6.07) is 3.30. The van der Waals surface area contributed by atoms with Gasteiger partial charge in [0.05, 0.1) is 13.2 Å². The first-order valence-corrected chi connectivity index (χ1v) is 5.84. The summed E-state index contributed by atoms with van der Waals surface area (Å²) in [5.41, 5.74) is 0.366. The van der Waals surface area contributed by atoms with Crippen LogP contribution in [0.5, 0.6) is 0 Å². The van der Waals surface area contributed by atoms with E-state index in [9.17, 15) is 8.78 Å². The first-order chi connectivity index (χ1) is 9.24. The SMILES string of the molecule is Cl.Fc1ccc(-c2noc(C3COCCN3)n2)cc1F. The number of rotatable bonds is 2. The van der Waals surface area contributed by atoms with Crippen LogP contribution in [0, 0.1) is 11.6 Å². The molecule has 1 atom stereocenters.